The zero-order valence-corrected chi connectivity index (χ0v) is 22.8. The van der Waals surface area contributed by atoms with E-state index >= 15 is 0 Å². The molecular weight excluding hydrogens is 512 g/mol. The van der Waals surface area contributed by atoms with Gasteiger partial charge >= 0.3 is 5.97 Å². The number of aliphatic hydroxyl groups is 1. The highest BCUT2D eigenvalue weighted by atomic mass is 35.5. The summed E-state index contributed by atoms with van der Waals surface area (Å²) in [6.45, 7) is 9.53. The predicted molar refractivity (Wildman–Crippen MR) is 147 cm³/mol. The van der Waals surface area contributed by atoms with Crippen LogP contribution in [0, 0.1) is 11.8 Å². The summed E-state index contributed by atoms with van der Waals surface area (Å²) in [4.78, 5) is 44.7. The van der Waals surface area contributed by atoms with Gasteiger partial charge in [-0.2, -0.15) is 0 Å². The standard InChI is InChI=1S/C28H35ClN2O5S/c1-4-6-7-8-16-36-27(35)22-21-13-14-28(37-21)23(22)25(33)31(18(3)17-32)24(28)26(34)30(15-5-2)20-11-9-19(29)10-12-20/h4-5,9-12,18,21-24,32H,1-2,6-8,13-17H2,3H3/t18-,21-,22+,23+,24?,28?/m1/s1. The highest BCUT2D eigenvalue weighted by Crippen LogP contribution is 2.67. The van der Waals surface area contributed by atoms with E-state index in [-0.39, 0.29) is 36.2 Å². The average Bonchev–Trinajstić information content (AvgIpc) is 3.54. The number of benzene rings is 1. The van der Waals surface area contributed by atoms with Crippen molar-refractivity contribution in [1.29, 1.82) is 0 Å². The molecule has 37 heavy (non-hydrogen) atoms. The molecule has 1 aromatic rings. The van der Waals surface area contributed by atoms with E-state index in [1.165, 1.54) is 4.90 Å². The van der Waals surface area contributed by atoms with Gasteiger partial charge in [-0.15, -0.1) is 24.9 Å². The molecule has 200 valence electrons. The number of hydrogen-bond acceptors (Lipinski definition) is 6. The number of fused-ring (bicyclic) bond motifs is 1. The number of aliphatic hydroxyl groups excluding tert-OH is 1. The largest absolute Gasteiger partial charge is 0.465 e. The Labute approximate surface area is 227 Å². The van der Waals surface area contributed by atoms with Crippen molar-refractivity contribution in [2.45, 2.75) is 61.1 Å². The number of carbonyl (C=O) groups excluding carboxylic acids is 3. The van der Waals surface area contributed by atoms with Gasteiger partial charge in [0, 0.05) is 22.5 Å². The quantitative estimate of drug-likeness (QED) is 0.240. The minimum absolute atomic E-state index is 0.0695. The fourth-order valence-corrected chi connectivity index (χ4v) is 8.39. The first-order chi connectivity index (χ1) is 17.8. The third kappa shape index (κ3) is 4.95. The van der Waals surface area contributed by atoms with Crippen LogP contribution in [0.2, 0.25) is 5.02 Å². The van der Waals surface area contributed by atoms with Crippen LogP contribution in [-0.2, 0) is 19.1 Å². The molecule has 1 aromatic carbocycles. The molecule has 6 atom stereocenters. The van der Waals surface area contributed by atoms with E-state index < -0.39 is 28.7 Å². The minimum atomic E-state index is -0.817. The predicted octanol–water partition coefficient (Wildman–Crippen LogP) is 4.23. The maximum absolute atomic E-state index is 14.3. The Kier molecular flexibility index (Phi) is 8.71. The third-order valence-corrected chi connectivity index (χ3v) is 9.95. The summed E-state index contributed by atoms with van der Waals surface area (Å²) in [6, 6.07) is 5.57. The Balaban J connectivity index is 1.66. The van der Waals surface area contributed by atoms with Gasteiger partial charge in [-0.05, 0) is 63.3 Å². The zero-order valence-electron chi connectivity index (χ0n) is 21.2. The first-order valence-electron chi connectivity index (χ1n) is 12.9. The van der Waals surface area contributed by atoms with Crippen molar-refractivity contribution in [3.63, 3.8) is 0 Å². The molecule has 4 rings (SSSR count). The monoisotopic (exact) mass is 546 g/mol. The Morgan fingerprint density at radius 3 is 2.68 bits per heavy atom. The number of amides is 2. The highest BCUT2D eigenvalue weighted by molar-refractivity contribution is 8.02. The topological polar surface area (TPSA) is 87.1 Å². The van der Waals surface area contributed by atoms with Crippen molar-refractivity contribution in [2.24, 2.45) is 11.8 Å². The van der Waals surface area contributed by atoms with Crippen molar-refractivity contribution in [3.8, 4) is 0 Å². The lowest BCUT2D eigenvalue weighted by molar-refractivity contribution is -0.154. The molecule has 1 N–H and O–H groups in total. The second-order valence-electron chi connectivity index (χ2n) is 10.00. The molecule has 2 unspecified atom stereocenters. The summed E-state index contributed by atoms with van der Waals surface area (Å²) in [6.07, 6.45) is 7.34. The van der Waals surface area contributed by atoms with E-state index in [9.17, 15) is 19.5 Å². The van der Waals surface area contributed by atoms with Crippen molar-refractivity contribution in [2.75, 3.05) is 24.7 Å². The molecule has 9 heteroatoms. The van der Waals surface area contributed by atoms with Crippen molar-refractivity contribution < 1.29 is 24.2 Å². The average molecular weight is 547 g/mol. The van der Waals surface area contributed by atoms with Crippen LogP contribution in [0.3, 0.4) is 0 Å². The second-order valence-corrected chi connectivity index (χ2v) is 12.0. The van der Waals surface area contributed by atoms with E-state index in [0.29, 0.717) is 23.7 Å². The summed E-state index contributed by atoms with van der Waals surface area (Å²) in [5.41, 5.74) is 0.645. The van der Waals surface area contributed by atoms with Crippen molar-refractivity contribution in [3.05, 3.63) is 54.6 Å². The number of halogens is 1. The van der Waals surface area contributed by atoms with Gasteiger partial charge in [-0.3, -0.25) is 14.4 Å². The normalized spacial score (nSPS) is 28.6. The van der Waals surface area contributed by atoms with Gasteiger partial charge in [0.2, 0.25) is 5.91 Å². The molecule has 3 saturated heterocycles. The number of hydrogen-bond donors (Lipinski definition) is 1. The number of likely N-dealkylation sites (tertiary alicyclic amines) is 1. The lowest BCUT2D eigenvalue weighted by atomic mass is 9.71. The number of allylic oxidation sites excluding steroid dienone is 1. The summed E-state index contributed by atoms with van der Waals surface area (Å²) in [5, 5.41) is 10.5. The van der Waals surface area contributed by atoms with Gasteiger partial charge in [0.05, 0.1) is 35.8 Å². The number of rotatable bonds is 12. The summed E-state index contributed by atoms with van der Waals surface area (Å²) in [7, 11) is 0. The van der Waals surface area contributed by atoms with Crippen molar-refractivity contribution >= 4 is 46.8 Å². The number of anilines is 1. The van der Waals surface area contributed by atoms with Gasteiger partial charge in [-0.25, -0.2) is 0 Å². The molecule has 3 aliphatic rings. The molecule has 2 amide bonds. The fraction of sp³-hybridized carbons (Fsp3) is 0.536. The Bertz CT molecular complexity index is 1050. The lowest BCUT2D eigenvalue weighted by Crippen LogP contribution is -2.57. The maximum Gasteiger partial charge on any atom is 0.310 e. The fourth-order valence-electron chi connectivity index (χ4n) is 6.08. The summed E-state index contributed by atoms with van der Waals surface area (Å²) in [5.74, 6) is -2.11. The van der Waals surface area contributed by atoms with Crippen LogP contribution in [0.1, 0.15) is 39.0 Å². The Morgan fingerprint density at radius 1 is 1.30 bits per heavy atom. The van der Waals surface area contributed by atoms with E-state index in [1.807, 2.05) is 6.08 Å². The van der Waals surface area contributed by atoms with Crippen LogP contribution in [0.25, 0.3) is 0 Å². The van der Waals surface area contributed by atoms with Gasteiger partial charge < -0.3 is 19.6 Å². The van der Waals surface area contributed by atoms with Gasteiger partial charge in [0.25, 0.3) is 5.91 Å². The Hall–Kier alpha value is -2.29. The van der Waals surface area contributed by atoms with E-state index in [1.54, 1.807) is 53.9 Å². The number of ether oxygens (including phenoxy) is 1. The van der Waals surface area contributed by atoms with Gasteiger partial charge in [-0.1, -0.05) is 23.8 Å². The second kappa shape index (κ2) is 11.6. The van der Waals surface area contributed by atoms with Gasteiger partial charge in [0.15, 0.2) is 0 Å². The van der Waals surface area contributed by atoms with Crippen LogP contribution in [0.15, 0.2) is 49.6 Å². The molecule has 1 spiro atoms. The molecule has 0 aromatic heterocycles. The van der Waals surface area contributed by atoms with E-state index in [2.05, 4.69) is 13.2 Å². The molecule has 7 nitrogen and oxygen atoms in total. The van der Waals surface area contributed by atoms with Crippen LogP contribution < -0.4 is 4.90 Å². The van der Waals surface area contributed by atoms with Crippen LogP contribution in [-0.4, -0.2) is 69.6 Å². The maximum atomic E-state index is 14.3. The number of unbranched alkanes of at least 4 members (excludes halogenated alkanes) is 2. The molecule has 3 heterocycles. The molecule has 0 aliphatic carbocycles. The first kappa shape index (κ1) is 27.7. The van der Waals surface area contributed by atoms with Crippen LogP contribution >= 0.6 is 23.4 Å². The smallest absolute Gasteiger partial charge is 0.310 e. The minimum Gasteiger partial charge on any atom is -0.465 e. The van der Waals surface area contributed by atoms with Crippen molar-refractivity contribution in [1.82, 2.24) is 4.90 Å². The van der Waals surface area contributed by atoms with Crippen LogP contribution in [0.5, 0.6) is 0 Å². The number of carbonyl (C=O) groups is 3. The lowest BCUT2D eigenvalue weighted by Gasteiger charge is -2.38. The van der Waals surface area contributed by atoms with Gasteiger partial charge in [0.1, 0.15) is 6.04 Å². The first-order valence-corrected chi connectivity index (χ1v) is 14.1. The molecule has 3 aliphatic heterocycles. The molecule has 0 saturated carbocycles. The number of esters is 1. The van der Waals surface area contributed by atoms with E-state index in [4.69, 9.17) is 16.3 Å². The molecular formula is C28H35ClN2O5S. The highest BCUT2D eigenvalue weighted by Gasteiger charge is 2.74. The number of nitrogens with zero attached hydrogens (tertiary/aromatic N) is 2. The summed E-state index contributed by atoms with van der Waals surface area (Å²) < 4.78 is 4.89. The zero-order chi connectivity index (χ0) is 26.7. The summed E-state index contributed by atoms with van der Waals surface area (Å²) >= 11 is 7.66. The molecule has 3 fully saturated rings. The molecule has 0 radical (unpaired) electrons. The SMILES string of the molecule is C=CCCCCOC(=O)[C@@H]1[C@H]2C(=O)N([C@H](C)CO)C(C(=O)N(CC=C)c3ccc(Cl)cc3)C23CC[C@H]1S3. The molecule has 2 bridgehead atoms. The van der Waals surface area contributed by atoms with E-state index in [0.717, 1.165) is 25.7 Å². The number of thioether (sulfide) groups is 1. The Morgan fingerprint density at radius 2 is 2.03 bits per heavy atom. The van der Waals surface area contributed by atoms with Crippen LogP contribution in [0.4, 0.5) is 5.69 Å². The third-order valence-electron chi connectivity index (χ3n) is 7.75.